The van der Waals surface area contributed by atoms with Crippen LogP contribution in [0.1, 0.15) is 56.9 Å². The molecule has 0 amide bonds. The van der Waals surface area contributed by atoms with Crippen LogP contribution in [0.15, 0.2) is 103 Å². The minimum absolute atomic E-state index is 0.0118. The zero-order valence-electron chi connectivity index (χ0n) is 27.5. The van der Waals surface area contributed by atoms with Crippen molar-refractivity contribution in [2.24, 2.45) is 5.92 Å². The molecule has 1 aliphatic rings. The van der Waals surface area contributed by atoms with Crippen molar-refractivity contribution in [2.45, 2.75) is 51.4 Å². The van der Waals surface area contributed by atoms with E-state index >= 15 is 0 Å². The van der Waals surface area contributed by atoms with Crippen molar-refractivity contribution in [3.8, 4) is 33.8 Å². The van der Waals surface area contributed by atoms with Crippen LogP contribution in [0.5, 0.6) is 11.5 Å². The average molecular weight is 639 g/mol. The van der Waals surface area contributed by atoms with Gasteiger partial charge in [0.15, 0.2) is 0 Å². The lowest BCUT2D eigenvalue weighted by Crippen LogP contribution is -2.16. The van der Waals surface area contributed by atoms with Crippen molar-refractivity contribution in [3.05, 3.63) is 109 Å². The molecule has 47 heavy (non-hydrogen) atoms. The maximum atomic E-state index is 12.6. The molecule has 7 heteroatoms. The number of hydrogen-bond acceptors (Lipinski definition) is 7. The first-order valence-corrected chi connectivity index (χ1v) is 16.3. The molecule has 1 N–H and O–H groups in total. The molecule has 4 rings (SSSR count). The Balaban J connectivity index is 1.47. The fourth-order valence-electron chi connectivity index (χ4n) is 5.92. The van der Waals surface area contributed by atoms with Crippen LogP contribution in [0.25, 0.3) is 22.3 Å². The van der Waals surface area contributed by atoms with Crippen LogP contribution in [-0.2, 0) is 19.1 Å². The van der Waals surface area contributed by atoms with E-state index in [9.17, 15) is 9.59 Å². The molecule has 0 saturated heterocycles. The van der Waals surface area contributed by atoms with Gasteiger partial charge in [-0.05, 0) is 109 Å². The number of methoxy groups -OCH3 is 1. The molecule has 0 spiro atoms. The number of benzene rings is 3. The molecular weight excluding hydrogens is 592 g/mol. The molecule has 0 heterocycles. The fraction of sp³-hybridized carbons (Fsp3) is 0.350. The van der Waals surface area contributed by atoms with Crippen LogP contribution in [0.3, 0.4) is 0 Å². The normalized spacial score (nSPS) is 16.1. The van der Waals surface area contributed by atoms with Gasteiger partial charge in [0.2, 0.25) is 0 Å². The number of ether oxygens (including phenoxy) is 4. The van der Waals surface area contributed by atoms with Crippen molar-refractivity contribution in [1.82, 2.24) is 0 Å². The minimum atomic E-state index is -0.631. The van der Waals surface area contributed by atoms with Crippen molar-refractivity contribution in [1.29, 1.82) is 0 Å². The molecule has 0 bridgehead atoms. The molecule has 0 radical (unpaired) electrons. The van der Waals surface area contributed by atoms with Crippen LogP contribution in [-0.4, -0.2) is 50.6 Å². The summed E-state index contributed by atoms with van der Waals surface area (Å²) in [5.41, 5.74) is 5.88. The van der Waals surface area contributed by atoms with Gasteiger partial charge in [0.1, 0.15) is 24.7 Å². The summed E-state index contributed by atoms with van der Waals surface area (Å²) < 4.78 is 21.5. The summed E-state index contributed by atoms with van der Waals surface area (Å²) in [6.07, 6.45) is 11.4. The average Bonchev–Trinajstić information content (AvgIpc) is 3.10. The zero-order chi connectivity index (χ0) is 33.6. The molecular formula is C40H46O7. The van der Waals surface area contributed by atoms with E-state index in [4.69, 9.17) is 24.1 Å². The van der Waals surface area contributed by atoms with Crippen molar-refractivity contribution >= 4 is 11.9 Å². The fourth-order valence-corrected chi connectivity index (χ4v) is 5.92. The van der Waals surface area contributed by atoms with E-state index in [0.29, 0.717) is 17.4 Å². The predicted octanol–water partition coefficient (Wildman–Crippen LogP) is 8.23. The smallest absolute Gasteiger partial charge is 0.341 e. The van der Waals surface area contributed by atoms with Gasteiger partial charge in [-0.15, -0.1) is 0 Å². The largest absolute Gasteiger partial charge is 0.490 e. The Morgan fingerprint density at radius 2 is 1.47 bits per heavy atom. The van der Waals surface area contributed by atoms with Crippen LogP contribution in [0.4, 0.5) is 0 Å². The number of rotatable bonds is 16. The number of aliphatic hydroxyl groups excluding tert-OH is 1. The first-order valence-electron chi connectivity index (χ1n) is 16.3. The summed E-state index contributed by atoms with van der Waals surface area (Å²) in [4.78, 5) is 24.2. The highest BCUT2D eigenvalue weighted by molar-refractivity contribution is 5.90. The molecule has 248 valence electrons. The second-order valence-corrected chi connectivity index (χ2v) is 11.9. The molecule has 1 saturated carbocycles. The summed E-state index contributed by atoms with van der Waals surface area (Å²) in [6.45, 7) is 9.26. The number of allylic oxidation sites excluding steroid dienone is 2. The topological polar surface area (TPSA) is 91.3 Å². The van der Waals surface area contributed by atoms with E-state index in [1.165, 1.54) is 31.9 Å². The van der Waals surface area contributed by atoms with Gasteiger partial charge in [-0.3, -0.25) is 0 Å². The Kier molecular flexibility index (Phi) is 13.6. The Bertz CT molecular complexity index is 1530. The van der Waals surface area contributed by atoms with Crippen molar-refractivity contribution in [2.75, 3.05) is 33.5 Å². The minimum Gasteiger partial charge on any atom is -0.490 e. The lowest BCUT2D eigenvalue weighted by Gasteiger charge is -2.30. The van der Waals surface area contributed by atoms with Crippen LogP contribution >= 0.6 is 0 Å². The van der Waals surface area contributed by atoms with E-state index in [1.54, 1.807) is 0 Å². The molecule has 1 aliphatic carbocycles. The van der Waals surface area contributed by atoms with Gasteiger partial charge >= 0.3 is 11.9 Å². The van der Waals surface area contributed by atoms with E-state index in [0.717, 1.165) is 47.4 Å². The molecule has 0 aromatic heterocycles. The molecule has 0 unspecified atom stereocenters. The van der Waals surface area contributed by atoms with Crippen LogP contribution in [0, 0.1) is 5.92 Å². The Morgan fingerprint density at radius 1 is 0.830 bits per heavy atom. The van der Waals surface area contributed by atoms with Gasteiger partial charge in [0, 0.05) is 7.11 Å². The molecule has 3 aromatic rings. The third kappa shape index (κ3) is 10.3. The van der Waals surface area contributed by atoms with Gasteiger partial charge in [-0.1, -0.05) is 67.8 Å². The second-order valence-electron chi connectivity index (χ2n) is 11.9. The summed E-state index contributed by atoms with van der Waals surface area (Å²) in [5.74, 6) is 1.20. The Labute approximate surface area is 278 Å². The summed E-state index contributed by atoms with van der Waals surface area (Å²) in [5, 5.41) is 8.95. The van der Waals surface area contributed by atoms with Gasteiger partial charge in [-0.2, -0.15) is 0 Å². The number of carbonyl (C=O) groups is 2. The molecule has 0 atom stereocenters. The summed E-state index contributed by atoms with van der Waals surface area (Å²) >= 11 is 0. The molecule has 7 nitrogen and oxygen atoms in total. The van der Waals surface area contributed by atoms with E-state index in [1.807, 2.05) is 36.4 Å². The third-order valence-electron chi connectivity index (χ3n) is 8.55. The highest BCUT2D eigenvalue weighted by Gasteiger charge is 2.25. The molecule has 1 fully saturated rings. The third-order valence-corrected chi connectivity index (χ3v) is 8.55. The monoisotopic (exact) mass is 638 g/mol. The Hall–Kier alpha value is -4.46. The van der Waals surface area contributed by atoms with Gasteiger partial charge < -0.3 is 24.1 Å². The van der Waals surface area contributed by atoms with E-state index in [-0.39, 0.29) is 31.0 Å². The lowest BCUT2D eigenvalue weighted by atomic mass is 9.75. The summed E-state index contributed by atoms with van der Waals surface area (Å²) in [6, 6.07) is 22.2. The van der Waals surface area contributed by atoms with Crippen molar-refractivity contribution < 1.29 is 33.6 Å². The van der Waals surface area contributed by atoms with Crippen LogP contribution in [0.2, 0.25) is 0 Å². The van der Waals surface area contributed by atoms with Crippen LogP contribution < -0.4 is 9.47 Å². The standard InChI is InChI=1S/C40H46O7/c1-5-6-7-8-30-9-11-34(12-10-30)38-25-36(47-40(43)29(3)27-44-4)21-22-37(38)33-15-13-31(14-16-33)32-17-19-35(20-18-32)45-23-24-46-39(42)28(2)26-41/h5-6,13-22,25,30,34,41H,2-3,7-12,23-24,26-27H2,1,4H3/b6-5+. The SMILES string of the molecule is C=C(CO)C(=O)OCCOc1ccc(-c2ccc(-c3ccc(OC(=O)C(=C)COC)cc3C3CCC(CC/C=C/C)CC3)cc2)cc1. The zero-order valence-corrected chi connectivity index (χ0v) is 27.5. The number of carbonyl (C=O) groups excluding carboxylic acids is 2. The first-order chi connectivity index (χ1) is 22.8. The van der Waals surface area contributed by atoms with Gasteiger partial charge in [0.25, 0.3) is 0 Å². The quantitative estimate of drug-likeness (QED) is 0.0556. The number of esters is 2. The highest BCUT2D eigenvalue weighted by Crippen LogP contribution is 2.43. The maximum absolute atomic E-state index is 12.6. The lowest BCUT2D eigenvalue weighted by molar-refractivity contribution is -0.140. The van der Waals surface area contributed by atoms with Crippen molar-refractivity contribution in [3.63, 3.8) is 0 Å². The molecule has 3 aromatic carbocycles. The number of aliphatic hydroxyl groups is 1. The van der Waals surface area contributed by atoms with E-state index in [2.05, 4.69) is 62.6 Å². The maximum Gasteiger partial charge on any atom is 0.341 e. The van der Waals surface area contributed by atoms with Gasteiger partial charge in [-0.25, -0.2) is 9.59 Å². The van der Waals surface area contributed by atoms with Gasteiger partial charge in [0.05, 0.1) is 24.4 Å². The first kappa shape index (κ1) is 35.4. The summed E-state index contributed by atoms with van der Waals surface area (Å²) in [7, 11) is 1.53. The highest BCUT2D eigenvalue weighted by atomic mass is 16.6. The van der Waals surface area contributed by atoms with E-state index < -0.39 is 18.5 Å². The second kappa shape index (κ2) is 18.0. The molecule has 0 aliphatic heterocycles. The Morgan fingerprint density at radius 3 is 2.11 bits per heavy atom. The number of hydrogen-bond donors (Lipinski definition) is 1. The predicted molar refractivity (Wildman–Crippen MR) is 185 cm³/mol.